The van der Waals surface area contributed by atoms with Crippen LogP contribution in [0, 0.1) is 0 Å². The Bertz CT molecular complexity index is 1040. The molecular formula is C20H24N2O7S. The van der Waals surface area contributed by atoms with Crippen molar-refractivity contribution in [1.29, 1.82) is 0 Å². The number of amides is 1. The van der Waals surface area contributed by atoms with Crippen molar-refractivity contribution in [2.24, 2.45) is 0 Å². The van der Waals surface area contributed by atoms with Gasteiger partial charge in [0.05, 0.1) is 26.2 Å². The van der Waals surface area contributed by atoms with Crippen LogP contribution in [0.2, 0.25) is 0 Å². The van der Waals surface area contributed by atoms with Crippen molar-refractivity contribution in [3.63, 3.8) is 0 Å². The molecule has 0 radical (unpaired) electrons. The van der Waals surface area contributed by atoms with Crippen LogP contribution in [0.25, 0.3) is 0 Å². The number of ether oxygens (including phenoxy) is 4. The summed E-state index contributed by atoms with van der Waals surface area (Å²) in [4.78, 5) is 12.8. The van der Waals surface area contributed by atoms with E-state index in [1.165, 1.54) is 27.2 Å². The Balaban J connectivity index is 1.82. The summed E-state index contributed by atoms with van der Waals surface area (Å²) in [5.41, 5.74) is 1.01. The first-order chi connectivity index (χ1) is 14.2. The minimum atomic E-state index is -3.81. The molecule has 162 valence electrons. The highest BCUT2D eigenvalue weighted by Crippen LogP contribution is 2.35. The largest absolute Gasteiger partial charge is 0.497 e. The Morgan fingerprint density at radius 2 is 1.87 bits per heavy atom. The van der Waals surface area contributed by atoms with Crippen LogP contribution in [0.3, 0.4) is 0 Å². The third-order valence-electron chi connectivity index (χ3n) is 4.62. The van der Waals surface area contributed by atoms with Crippen LogP contribution in [0.4, 0.5) is 5.69 Å². The first kappa shape index (κ1) is 21.6. The van der Waals surface area contributed by atoms with Crippen LogP contribution in [0.15, 0.2) is 36.4 Å². The van der Waals surface area contributed by atoms with Crippen molar-refractivity contribution < 1.29 is 32.2 Å². The lowest BCUT2D eigenvalue weighted by Gasteiger charge is -2.29. The Morgan fingerprint density at radius 1 is 1.13 bits per heavy atom. The summed E-state index contributed by atoms with van der Waals surface area (Å²) >= 11 is 0. The van der Waals surface area contributed by atoms with Crippen molar-refractivity contribution in [2.75, 3.05) is 31.6 Å². The van der Waals surface area contributed by atoms with Crippen molar-refractivity contribution in [3.05, 3.63) is 42.0 Å². The zero-order valence-electron chi connectivity index (χ0n) is 17.2. The van der Waals surface area contributed by atoms with Crippen LogP contribution in [-0.4, -0.2) is 47.6 Å². The topological polar surface area (TPSA) is 103 Å². The molecule has 10 heteroatoms. The highest BCUT2D eigenvalue weighted by Gasteiger charge is 2.31. The first-order valence-electron chi connectivity index (χ1n) is 9.12. The number of hydrogen-bond acceptors (Lipinski definition) is 7. The van der Waals surface area contributed by atoms with E-state index in [1.54, 1.807) is 30.3 Å². The normalized spacial score (nSPS) is 13.5. The van der Waals surface area contributed by atoms with Gasteiger partial charge in [-0.2, -0.15) is 0 Å². The van der Waals surface area contributed by atoms with E-state index >= 15 is 0 Å². The molecule has 0 aromatic heterocycles. The number of nitrogens with one attached hydrogen (secondary N) is 1. The van der Waals surface area contributed by atoms with E-state index < -0.39 is 22.0 Å². The maximum Gasteiger partial charge on any atom is 0.243 e. The van der Waals surface area contributed by atoms with Gasteiger partial charge in [0, 0.05) is 12.6 Å². The monoisotopic (exact) mass is 436 g/mol. The second-order valence-electron chi connectivity index (χ2n) is 6.68. The van der Waals surface area contributed by atoms with Crippen molar-refractivity contribution in [2.45, 2.75) is 19.5 Å². The van der Waals surface area contributed by atoms with E-state index in [2.05, 4.69) is 5.32 Å². The maximum absolute atomic E-state index is 12.8. The predicted molar refractivity (Wildman–Crippen MR) is 111 cm³/mol. The van der Waals surface area contributed by atoms with Crippen molar-refractivity contribution in [3.8, 4) is 23.0 Å². The molecule has 1 heterocycles. The number of hydrogen-bond donors (Lipinski definition) is 1. The van der Waals surface area contributed by atoms with E-state index in [0.29, 0.717) is 23.0 Å². The maximum atomic E-state index is 12.8. The summed E-state index contributed by atoms with van der Waals surface area (Å²) in [6.45, 7) is 1.87. The van der Waals surface area contributed by atoms with Crippen LogP contribution >= 0.6 is 0 Å². The number of rotatable bonds is 8. The summed E-state index contributed by atoms with van der Waals surface area (Å²) in [7, 11) is -0.914. The molecule has 2 aromatic carbocycles. The van der Waals surface area contributed by atoms with E-state index in [4.69, 9.17) is 18.9 Å². The van der Waals surface area contributed by atoms with Gasteiger partial charge in [-0.05, 0) is 36.8 Å². The van der Waals surface area contributed by atoms with E-state index in [9.17, 15) is 13.2 Å². The molecule has 0 saturated carbocycles. The number of nitrogens with zero attached hydrogens (tertiary/aromatic N) is 1. The zero-order chi connectivity index (χ0) is 21.9. The Labute approximate surface area is 175 Å². The molecule has 1 unspecified atom stereocenters. The van der Waals surface area contributed by atoms with Crippen LogP contribution in [0.5, 0.6) is 23.0 Å². The van der Waals surface area contributed by atoms with E-state index in [-0.39, 0.29) is 19.0 Å². The van der Waals surface area contributed by atoms with Gasteiger partial charge in [-0.1, -0.05) is 6.07 Å². The minimum Gasteiger partial charge on any atom is -0.497 e. The second-order valence-corrected chi connectivity index (χ2v) is 8.54. The first-order valence-corrected chi connectivity index (χ1v) is 11.0. The summed E-state index contributed by atoms with van der Waals surface area (Å²) < 4.78 is 47.3. The molecule has 0 fully saturated rings. The lowest BCUT2D eigenvalue weighted by atomic mass is 10.2. The summed E-state index contributed by atoms with van der Waals surface area (Å²) in [6.07, 6.45) is 1.04. The molecule has 2 aromatic rings. The van der Waals surface area contributed by atoms with E-state index in [0.717, 1.165) is 16.1 Å². The molecule has 1 aliphatic rings. The molecule has 1 atom stereocenters. The Kier molecular flexibility index (Phi) is 6.25. The summed E-state index contributed by atoms with van der Waals surface area (Å²) in [6, 6.07) is 9.05. The van der Waals surface area contributed by atoms with Gasteiger partial charge in [-0.25, -0.2) is 8.42 Å². The van der Waals surface area contributed by atoms with Crippen molar-refractivity contribution >= 4 is 21.6 Å². The summed E-state index contributed by atoms with van der Waals surface area (Å²) in [5, 5.41) is 2.76. The lowest BCUT2D eigenvalue weighted by molar-refractivity contribution is -0.122. The zero-order valence-corrected chi connectivity index (χ0v) is 18.0. The molecule has 3 rings (SSSR count). The number of anilines is 1. The highest BCUT2D eigenvalue weighted by atomic mass is 32.2. The van der Waals surface area contributed by atoms with Crippen LogP contribution < -0.4 is 28.6 Å². The van der Waals surface area contributed by atoms with Crippen molar-refractivity contribution in [1.82, 2.24) is 5.32 Å². The third kappa shape index (κ3) is 4.54. The van der Waals surface area contributed by atoms with Gasteiger partial charge in [0.1, 0.15) is 17.5 Å². The SMILES string of the molecule is COc1ccc(OC)c(N(C(C)C(=O)NCc2ccc3c(c2)OCO3)S(C)(=O)=O)c1. The lowest BCUT2D eigenvalue weighted by Crippen LogP contribution is -2.47. The molecule has 1 aliphatic heterocycles. The van der Waals surface area contributed by atoms with Crippen LogP contribution in [0.1, 0.15) is 12.5 Å². The molecule has 0 saturated heterocycles. The fourth-order valence-corrected chi connectivity index (χ4v) is 4.31. The molecule has 0 bridgehead atoms. The Hall–Kier alpha value is -3.14. The molecule has 30 heavy (non-hydrogen) atoms. The average molecular weight is 436 g/mol. The number of carbonyl (C=O) groups is 1. The Morgan fingerprint density at radius 3 is 2.53 bits per heavy atom. The minimum absolute atomic E-state index is 0.161. The third-order valence-corrected chi connectivity index (χ3v) is 5.84. The molecule has 1 amide bonds. The number of fused-ring (bicyclic) bond motifs is 1. The number of sulfonamides is 1. The molecule has 0 spiro atoms. The van der Waals surface area contributed by atoms with Gasteiger partial charge in [0.2, 0.25) is 22.7 Å². The van der Waals surface area contributed by atoms with E-state index in [1.807, 2.05) is 0 Å². The number of carbonyl (C=O) groups excluding carboxylic acids is 1. The van der Waals surface area contributed by atoms with Gasteiger partial charge >= 0.3 is 0 Å². The number of methoxy groups -OCH3 is 2. The molecule has 1 N–H and O–H groups in total. The van der Waals surface area contributed by atoms with Crippen LogP contribution in [-0.2, 0) is 21.4 Å². The fraction of sp³-hybridized carbons (Fsp3) is 0.350. The predicted octanol–water partition coefficient (Wildman–Crippen LogP) is 1.90. The molecule has 0 aliphatic carbocycles. The quantitative estimate of drug-likeness (QED) is 0.674. The average Bonchev–Trinajstić information content (AvgIpc) is 3.18. The molecule has 9 nitrogen and oxygen atoms in total. The molecular weight excluding hydrogens is 412 g/mol. The van der Waals surface area contributed by atoms with Gasteiger partial charge < -0.3 is 24.3 Å². The van der Waals surface area contributed by atoms with Gasteiger partial charge in [-0.3, -0.25) is 9.10 Å². The van der Waals surface area contributed by atoms with Gasteiger partial charge in [-0.15, -0.1) is 0 Å². The van der Waals surface area contributed by atoms with Gasteiger partial charge in [0.25, 0.3) is 0 Å². The standard InChI is InChI=1S/C20H24N2O7S/c1-13(20(23)21-11-14-5-7-18-19(9-14)29-12-28-18)22(30(4,24)25)16-10-15(26-2)6-8-17(16)27-3/h5-10,13H,11-12H2,1-4H3,(H,21,23). The number of benzene rings is 2. The summed E-state index contributed by atoms with van der Waals surface area (Å²) in [5.74, 6) is 1.52. The second kappa shape index (κ2) is 8.70. The van der Waals surface area contributed by atoms with Gasteiger partial charge in [0.15, 0.2) is 11.5 Å². The highest BCUT2D eigenvalue weighted by molar-refractivity contribution is 7.92. The fourth-order valence-electron chi connectivity index (χ4n) is 3.14. The smallest absolute Gasteiger partial charge is 0.243 e.